The number of rotatable bonds is 4. The third-order valence-electron chi connectivity index (χ3n) is 11.0. The Bertz CT molecular complexity index is 1660. The van der Waals surface area contributed by atoms with E-state index < -0.39 is 17.6 Å². The SMILES string of the molecule is CN(C(=O)C#Cc1ccc(C(F)(F)F)cc1)[C@H]1CC[C@@]2(C)[C@H]3Cc4ccc(O)c5c4[C@@]2(CCN3CCc2ccccc2)[C@H]1O5. The number of alkyl halides is 3. The van der Waals surface area contributed by atoms with E-state index in [4.69, 9.17) is 4.74 Å². The smallest absolute Gasteiger partial charge is 0.416 e. The fourth-order valence-electron chi connectivity index (χ4n) is 8.75. The van der Waals surface area contributed by atoms with Crippen LogP contribution in [0.2, 0.25) is 0 Å². The molecule has 1 amide bonds. The number of benzene rings is 3. The lowest BCUT2D eigenvalue weighted by Gasteiger charge is -2.66. The summed E-state index contributed by atoms with van der Waals surface area (Å²) >= 11 is 0. The van der Waals surface area contributed by atoms with Crippen LogP contribution in [0.15, 0.2) is 66.7 Å². The van der Waals surface area contributed by atoms with E-state index in [2.05, 4.69) is 47.9 Å². The quantitative estimate of drug-likeness (QED) is 0.376. The van der Waals surface area contributed by atoms with E-state index in [9.17, 15) is 23.1 Å². The molecule has 7 rings (SSSR count). The fraction of sp³-hybridized carbons (Fsp3) is 0.417. The minimum absolute atomic E-state index is 0.120. The number of carbonyl (C=O) groups is 1. The number of phenolic OH excluding ortho intramolecular Hbond substituents is 1. The van der Waals surface area contributed by atoms with Gasteiger partial charge in [0, 0.05) is 42.1 Å². The van der Waals surface area contributed by atoms with Crippen molar-refractivity contribution in [1.82, 2.24) is 9.80 Å². The minimum atomic E-state index is -4.43. The predicted molar refractivity (Wildman–Crippen MR) is 160 cm³/mol. The number of likely N-dealkylation sites (tertiary alicyclic amines) is 1. The molecule has 8 heteroatoms. The highest BCUT2D eigenvalue weighted by molar-refractivity contribution is 5.94. The predicted octanol–water partition coefficient (Wildman–Crippen LogP) is 5.96. The number of halogens is 3. The summed E-state index contributed by atoms with van der Waals surface area (Å²) in [5.41, 5.74) is 2.75. The normalized spacial score (nSPS) is 28.3. The van der Waals surface area contributed by atoms with Gasteiger partial charge in [0.25, 0.3) is 5.91 Å². The van der Waals surface area contributed by atoms with Crippen LogP contribution in [0.5, 0.6) is 11.5 Å². The maximum atomic E-state index is 13.4. The molecule has 1 saturated heterocycles. The molecule has 0 radical (unpaired) electrons. The topological polar surface area (TPSA) is 53.0 Å². The Labute approximate surface area is 255 Å². The van der Waals surface area contributed by atoms with E-state index >= 15 is 0 Å². The van der Waals surface area contributed by atoms with Crippen molar-refractivity contribution in [1.29, 1.82) is 0 Å². The Morgan fingerprint density at radius 3 is 2.57 bits per heavy atom. The van der Waals surface area contributed by atoms with Crippen molar-refractivity contribution in [2.45, 2.75) is 68.8 Å². The minimum Gasteiger partial charge on any atom is -0.504 e. The van der Waals surface area contributed by atoms with E-state index in [1.54, 1.807) is 18.0 Å². The van der Waals surface area contributed by atoms with Gasteiger partial charge < -0.3 is 14.7 Å². The lowest BCUT2D eigenvalue weighted by molar-refractivity contribution is -0.149. The highest BCUT2D eigenvalue weighted by Gasteiger charge is 2.71. The van der Waals surface area contributed by atoms with Gasteiger partial charge in [-0.3, -0.25) is 9.69 Å². The molecule has 44 heavy (non-hydrogen) atoms. The number of likely N-dealkylation sites (N-methyl/N-ethyl adjacent to an activating group) is 1. The van der Waals surface area contributed by atoms with Gasteiger partial charge >= 0.3 is 6.18 Å². The number of amides is 1. The molecule has 2 fully saturated rings. The van der Waals surface area contributed by atoms with E-state index in [1.807, 2.05) is 12.1 Å². The first-order valence-corrected chi connectivity index (χ1v) is 15.3. The largest absolute Gasteiger partial charge is 0.504 e. The average Bonchev–Trinajstić information content (AvgIpc) is 3.36. The Hall–Kier alpha value is -3.96. The molecule has 1 N–H and O–H groups in total. The zero-order valence-electron chi connectivity index (χ0n) is 24.8. The van der Waals surface area contributed by atoms with Crippen LogP contribution < -0.4 is 4.74 Å². The maximum absolute atomic E-state index is 13.4. The highest BCUT2D eigenvalue weighted by atomic mass is 19.4. The van der Waals surface area contributed by atoms with Crippen LogP contribution in [0.4, 0.5) is 13.2 Å². The molecule has 2 aliphatic heterocycles. The molecule has 4 aliphatic rings. The second-order valence-electron chi connectivity index (χ2n) is 13.0. The molecule has 2 aliphatic carbocycles. The number of piperidine rings is 1. The number of hydrogen-bond acceptors (Lipinski definition) is 4. The van der Waals surface area contributed by atoms with Gasteiger partial charge in [0.1, 0.15) is 6.10 Å². The second kappa shape index (κ2) is 10.3. The van der Waals surface area contributed by atoms with Crippen LogP contribution >= 0.6 is 0 Å². The number of ether oxygens (including phenoxy) is 1. The maximum Gasteiger partial charge on any atom is 0.416 e. The first-order valence-electron chi connectivity index (χ1n) is 15.3. The summed E-state index contributed by atoms with van der Waals surface area (Å²) in [4.78, 5) is 17.7. The summed E-state index contributed by atoms with van der Waals surface area (Å²) in [7, 11) is 1.73. The summed E-state index contributed by atoms with van der Waals surface area (Å²) in [5, 5.41) is 11.0. The Morgan fingerprint density at radius 2 is 1.84 bits per heavy atom. The van der Waals surface area contributed by atoms with Crippen LogP contribution in [-0.4, -0.2) is 59.1 Å². The third-order valence-corrected chi connectivity index (χ3v) is 11.0. The van der Waals surface area contributed by atoms with Crippen molar-refractivity contribution >= 4 is 5.91 Å². The van der Waals surface area contributed by atoms with Crippen molar-refractivity contribution in [3.63, 3.8) is 0 Å². The van der Waals surface area contributed by atoms with Gasteiger partial charge in [0.15, 0.2) is 11.5 Å². The molecule has 1 spiro atoms. The van der Waals surface area contributed by atoms with Crippen LogP contribution in [-0.2, 0) is 29.2 Å². The molecule has 0 unspecified atom stereocenters. The van der Waals surface area contributed by atoms with Crippen molar-refractivity contribution in [2.75, 3.05) is 20.1 Å². The molecule has 1 saturated carbocycles. The van der Waals surface area contributed by atoms with Gasteiger partial charge in [0.2, 0.25) is 0 Å². The highest BCUT2D eigenvalue weighted by Crippen LogP contribution is 2.69. The van der Waals surface area contributed by atoms with Crippen molar-refractivity contribution in [2.24, 2.45) is 5.41 Å². The molecule has 2 heterocycles. The van der Waals surface area contributed by atoms with Crippen molar-refractivity contribution in [3.05, 3.63) is 94.5 Å². The third kappa shape index (κ3) is 4.31. The Morgan fingerprint density at radius 1 is 1.09 bits per heavy atom. The Kier molecular flexibility index (Phi) is 6.74. The summed E-state index contributed by atoms with van der Waals surface area (Å²) in [6.07, 6.45) is -0.430. The lowest BCUT2D eigenvalue weighted by atomic mass is 9.43. The zero-order chi connectivity index (χ0) is 30.9. The molecular formula is C36H35F3N2O3. The van der Waals surface area contributed by atoms with Crippen molar-refractivity contribution < 1.29 is 27.8 Å². The zero-order valence-corrected chi connectivity index (χ0v) is 24.8. The van der Waals surface area contributed by atoms with E-state index in [0.29, 0.717) is 17.4 Å². The number of aromatic hydroxyl groups is 1. The summed E-state index contributed by atoms with van der Waals surface area (Å²) in [6.45, 7) is 4.25. The van der Waals surface area contributed by atoms with Crippen molar-refractivity contribution in [3.8, 4) is 23.3 Å². The monoisotopic (exact) mass is 600 g/mol. The van der Waals surface area contributed by atoms with Crippen LogP contribution in [0.3, 0.4) is 0 Å². The van der Waals surface area contributed by atoms with E-state index in [-0.39, 0.29) is 28.7 Å². The fourth-order valence-corrected chi connectivity index (χ4v) is 8.75. The first kappa shape index (κ1) is 28.8. The second-order valence-corrected chi connectivity index (χ2v) is 13.0. The number of carbonyl (C=O) groups excluding carboxylic acids is 1. The van der Waals surface area contributed by atoms with Gasteiger partial charge in [-0.05, 0) is 85.5 Å². The molecule has 5 atom stereocenters. The average molecular weight is 601 g/mol. The molecule has 0 aromatic heterocycles. The van der Waals surface area contributed by atoms with Gasteiger partial charge in [-0.15, -0.1) is 0 Å². The van der Waals surface area contributed by atoms with E-state index in [0.717, 1.165) is 62.9 Å². The van der Waals surface area contributed by atoms with Gasteiger partial charge in [-0.25, -0.2) is 0 Å². The van der Waals surface area contributed by atoms with Gasteiger partial charge in [-0.2, -0.15) is 13.2 Å². The van der Waals surface area contributed by atoms with Gasteiger partial charge in [-0.1, -0.05) is 49.2 Å². The molecular weight excluding hydrogens is 565 g/mol. The Balaban J connectivity index is 1.18. The summed E-state index contributed by atoms with van der Waals surface area (Å²) in [6, 6.07) is 18.9. The number of nitrogens with zero attached hydrogens (tertiary/aromatic N) is 2. The first-order chi connectivity index (χ1) is 21.0. The molecule has 5 nitrogen and oxygen atoms in total. The summed E-state index contributed by atoms with van der Waals surface area (Å²) < 4.78 is 45.6. The van der Waals surface area contributed by atoms with Gasteiger partial charge in [0.05, 0.1) is 11.6 Å². The molecule has 2 bridgehead atoms. The molecule has 3 aromatic rings. The molecule has 228 valence electrons. The van der Waals surface area contributed by atoms with E-state index in [1.165, 1.54) is 23.3 Å². The number of hydrogen-bond donors (Lipinski definition) is 1. The van der Waals surface area contributed by atoms with Crippen LogP contribution in [0, 0.1) is 17.3 Å². The van der Waals surface area contributed by atoms with Crippen LogP contribution in [0.1, 0.15) is 54.0 Å². The van der Waals surface area contributed by atoms with Crippen LogP contribution in [0.25, 0.3) is 0 Å². The standard InChI is InChI=1S/C36H35F3N2O3/c1-34-18-16-27(40(2)30(43)15-10-24-8-12-26(13-9-24)36(37,38)39)33-35(34)19-21-41(20-17-23-6-4-3-5-7-23)29(34)22-25-11-14-28(42)32(44-33)31(25)35/h3-9,11-14,27,29,33,42H,16-22H2,1-2H3/t27-,29+,33-,34-,35-/m0/s1. The molecule has 3 aromatic carbocycles. The number of phenols is 1. The summed E-state index contributed by atoms with van der Waals surface area (Å²) in [5.74, 6) is 5.67. The lowest BCUT2D eigenvalue weighted by Crippen LogP contribution is -2.73.